The van der Waals surface area contributed by atoms with Crippen molar-refractivity contribution in [2.45, 2.75) is 47.9 Å². The van der Waals surface area contributed by atoms with Crippen LogP contribution in [0, 0.1) is 12.7 Å². The van der Waals surface area contributed by atoms with Gasteiger partial charge in [-0.25, -0.2) is 4.39 Å². The van der Waals surface area contributed by atoms with Crippen LogP contribution in [0.15, 0.2) is 71.2 Å². The van der Waals surface area contributed by atoms with Gasteiger partial charge >= 0.3 is 0 Å². The number of hydrogen-bond donors (Lipinski definition) is 1. The van der Waals surface area contributed by atoms with Gasteiger partial charge in [-0.1, -0.05) is 42.5 Å². The smallest absolute Gasteiger partial charge is 0.237 e. The third-order valence-electron chi connectivity index (χ3n) is 4.52. The van der Waals surface area contributed by atoms with E-state index in [1.807, 2.05) is 11.5 Å². The van der Waals surface area contributed by atoms with Crippen LogP contribution in [-0.4, -0.2) is 25.9 Å². The average Bonchev–Trinajstić information content (AvgIpc) is 3.14. The van der Waals surface area contributed by atoms with Crippen LogP contribution in [0.2, 0.25) is 0 Å². The van der Waals surface area contributed by atoms with Crippen molar-refractivity contribution < 1.29 is 9.18 Å². The Morgan fingerprint density at radius 1 is 1.19 bits per heavy atom. The molecule has 162 valence electrons. The van der Waals surface area contributed by atoms with Crippen molar-refractivity contribution in [3.05, 3.63) is 78.4 Å². The van der Waals surface area contributed by atoms with E-state index in [1.165, 1.54) is 29.5 Å². The first-order valence-electron chi connectivity index (χ1n) is 9.95. The molecule has 0 saturated heterocycles. The molecule has 1 unspecified atom stereocenters. The molecule has 1 N–H and O–H groups in total. The zero-order valence-corrected chi connectivity index (χ0v) is 19.2. The fraction of sp³-hybridized carbons (Fsp3) is 0.261. The maximum atomic E-state index is 13.1. The fourth-order valence-electron chi connectivity index (χ4n) is 2.81. The summed E-state index contributed by atoms with van der Waals surface area (Å²) in [6, 6.07) is 14.1. The number of anilines is 1. The molecular weight excluding hydrogens is 431 g/mol. The first-order valence-corrected chi connectivity index (χ1v) is 11.8. The van der Waals surface area contributed by atoms with Gasteiger partial charge in [0.2, 0.25) is 5.91 Å². The fourth-order valence-corrected chi connectivity index (χ4v) is 4.63. The number of aryl methyl sites for hydroxylation is 1. The Kier molecular flexibility index (Phi) is 8.31. The predicted octanol–water partition coefficient (Wildman–Crippen LogP) is 5.71. The van der Waals surface area contributed by atoms with E-state index in [0.29, 0.717) is 29.6 Å². The van der Waals surface area contributed by atoms with Crippen LogP contribution in [0.3, 0.4) is 0 Å². The summed E-state index contributed by atoms with van der Waals surface area (Å²) in [5, 5.41) is 11.9. The van der Waals surface area contributed by atoms with Gasteiger partial charge in [-0.15, -0.1) is 28.5 Å². The maximum Gasteiger partial charge on any atom is 0.237 e. The van der Waals surface area contributed by atoms with Crippen LogP contribution < -0.4 is 5.32 Å². The molecule has 0 radical (unpaired) electrons. The van der Waals surface area contributed by atoms with Gasteiger partial charge in [0.15, 0.2) is 5.16 Å². The van der Waals surface area contributed by atoms with E-state index in [0.717, 1.165) is 10.7 Å². The lowest BCUT2D eigenvalue weighted by Crippen LogP contribution is -2.25. The molecule has 31 heavy (non-hydrogen) atoms. The summed E-state index contributed by atoms with van der Waals surface area (Å²) in [5.41, 5.74) is 1.79. The van der Waals surface area contributed by atoms with Crippen molar-refractivity contribution in [1.29, 1.82) is 0 Å². The number of benzene rings is 2. The largest absolute Gasteiger partial charge is 0.325 e. The third kappa shape index (κ3) is 6.45. The molecular formula is C23H25FN4OS2. The molecule has 0 aliphatic heterocycles. The van der Waals surface area contributed by atoms with Crippen LogP contribution in [0.1, 0.15) is 24.7 Å². The van der Waals surface area contributed by atoms with Gasteiger partial charge in [-0.3, -0.25) is 4.79 Å². The van der Waals surface area contributed by atoms with E-state index in [2.05, 4.69) is 53.3 Å². The third-order valence-corrected chi connectivity index (χ3v) is 6.87. The highest BCUT2D eigenvalue weighted by Crippen LogP contribution is 2.28. The Morgan fingerprint density at radius 2 is 1.90 bits per heavy atom. The second kappa shape index (κ2) is 11.2. The van der Waals surface area contributed by atoms with E-state index in [-0.39, 0.29) is 17.0 Å². The molecule has 1 heterocycles. The van der Waals surface area contributed by atoms with Gasteiger partial charge < -0.3 is 9.88 Å². The normalized spacial score (nSPS) is 11.8. The summed E-state index contributed by atoms with van der Waals surface area (Å²) in [6.45, 7) is 8.42. The van der Waals surface area contributed by atoms with Gasteiger partial charge in [0.1, 0.15) is 11.6 Å². The molecule has 0 aliphatic rings. The number of amides is 1. The quantitative estimate of drug-likeness (QED) is 0.313. The van der Waals surface area contributed by atoms with Crippen LogP contribution in [0.25, 0.3) is 0 Å². The number of nitrogens with one attached hydrogen (secondary N) is 1. The Balaban J connectivity index is 1.69. The molecule has 1 atom stereocenters. The van der Waals surface area contributed by atoms with E-state index in [1.54, 1.807) is 30.0 Å². The minimum absolute atomic E-state index is 0.150. The Morgan fingerprint density at radius 3 is 2.55 bits per heavy atom. The lowest BCUT2D eigenvalue weighted by Gasteiger charge is -2.15. The van der Waals surface area contributed by atoms with Crippen molar-refractivity contribution in [3.63, 3.8) is 0 Å². The van der Waals surface area contributed by atoms with Crippen molar-refractivity contribution in [2.24, 2.45) is 0 Å². The molecule has 2 aromatic carbocycles. The predicted molar refractivity (Wildman–Crippen MR) is 126 cm³/mol. The van der Waals surface area contributed by atoms with Crippen LogP contribution in [0.4, 0.5) is 10.1 Å². The first-order chi connectivity index (χ1) is 15.0. The standard InChI is InChI=1S/C23H25FN4OS2/c1-4-14-28-21(15-30-19-12-6-16(3)7-13-19)26-27-23(28)31-20(5-2)22(29)25-18-10-8-17(24)9-11-18/h4,6-13,20H,1,5,14-15H2,2-3H3,(H,25,29). The highest BCUT2D eigenvalue weighted by atomic mass is 32.2. The van der Waals surface area contributed by atoms with Gasteiger partial charge in [-0.05, 0) is 49.7 Å². The van der Waals surface area contributed by atoms with Gasteiger partial charge in [0.25, 0.3) is 0 Å². The molecule has 0 saturated carbocycles. The van der Waals surface area contributed by atoms with Crippen LogP contribution in [-0.2, 0) is 17.1 Å². The summed E-state index contributed by atoms with van der Waals surface area (Å²) < 4.78 is 15.1. The summed E-state index contributed by atoms with van der Waals surface area (Å²) in [5.74, 6) is 1.01. The average molecular weight is 457 g/mol. The van der Waals surface area contributed by atoms with Crippen molar-refractivity contribution in [2.75, 3.05) is 5.32 Å². The molecule has 3 rings (SSSR count). The molecule has 1 aromatic heterocycles. The zero-order chi connectivity index (χ0) is 22.2. The molecule has 0 fully saturated rings. The van der Waals surface area contributed by atoms with Gasteiger partial charge in [0, 0.05) is 17.1 Å². The van der Waals surface area contributed by atoms with Crippen molar-refractivity contribution >= 4 is 35.1 Å². The van der Waals surface area contributed by atoms with Crippen LogP contribution in [0.5, 0.6) is 0 Å². The van der Waals surface area contributed by atoms with Crippen LogP contribution >= 0.6 is 23.5 Å². The Labute approximate surface area is 190 Å². The number of thioether (sulfide) groups is 2. The lowest BCUT2D eigenvalue weighted by atomic mass is 10.2. The maximum absolute atomic E-state index is 13.1. The molecule has 0 aliphatic carbocycles. The Bertz CT molecular complexity index is 1020. The number of rotatable bonds is 10. The number of allylic oxidation sites excluding steroid dienone is 1. The molecule has 0 bridgehead atoms. The second-order valence-electron chi connectivity index (χ2n) is 6.91. The SMILES string of the molecule is C=CCn1c(CSc2ccc(C)cc2)nnc1SC(CC)C(=O)Nc1ccc(F)cc1. The van der Waals surface area contributed by atoms with E-state index >= 15 is 0 Å². The highest BCUT2D eigenvalue weighted by Gasteiger charge is 2.22. The lowest BCUT2D eigenvalue weighted by molar-refractivity contribution is -0.115. The number of nitrogens with zero attached hydrogens (tertiary/aromatic N) is 3. The van der Waals surface area contributed by atoms with Crippen molar-refractivity contribution in [1.82, 2.24) is 14.8 Å². The van der Waals surface area contributed by atoms with E-state index in [9.17, 15) is 9.18 Å². The van der Waals surface area contributed by atoms with Gasteiger partial charge in [-0.2, -0.15) is 0 Å². The zero-order valence-electron chi connectivity index (χ0n) is 17.5. The number of carbonyl (C=O) groups is 1. The second-order valence-corrected chi connectivity index (χ2v) is 9.13. The topological polar surface area (TPSA) is 59.8 Å². The first kappa shape index (κ1) is 23.1. The minimum atomic E-state index is -0.351. The summed E-state index contributed by atoms with van der Waals surface area (Å²) in [7, 11) is 0. The summed E-state index contributed by atoms with van der Waals surface area (Å²) in [4.78, 5) is 13.9. The molecule has 3 aromatic rings. The van der Waals surface area contributed by atoms with Crippen molar-refractivity contribution in [3.8, 4) is 0 Å². The number of aromatic nitrogens is 3. The molecule has 0 spiro atoms. The van der Waals surface area contributed by atoms with E-state index in [4.69, 9.17) is 0 Å². The molecule has 5 nitrogen and oxygen atoms in total. The number of hydrogen-bond acceptors (Lipinski definition) is 5. The Hall–Kier alpha value is -2.58. The minimum Gasteiger partial charge on any atom is -0.325 e. The highest BCUT2D eigenvalue weighted by molar-refractivity contribution is 8.00. The molecule has 8 heteroatoms. The monoisotopic (exact) mass is 456 g/mol. The summed E-state index contributed by atoms with van der Waals surface area (Å²) >= 11 is 3.07. The number of halogens is 1. The van der Waals surface area contributed by atoms with E-state index < -0.39 is 0 Å². The molecule has 1 amide bonds. The number of carbonyl (C=O) groups excluding carboxylic acids is 1. The van der Waals surface area contributed by atoms with Gasteiger partial charge in [0.05, 0.1) is 11.0 Å². The summed E-state index contributed by atoms with van der Waals surface area (Å²) in [6.07, 6.45) is 2.42.